The van der Waals surface area contributed by atoms with Crippen LogP contribution in [-0.2, 0) is 6.42 Å². The molecule has 6 nitrogen and oxygen atoms in total. The Labute approximate surface area is 146 Å². The number of aromatic nitrogens is 2. The monoisotopic (exact) mass is 336 g/mol. The molecule has 0 spiro atoms. The molecule has 1 aromatic heterocycles. The molecule has 0 saturated heterocycles. The van der Waals surface area contributed by atoms with Gasteiger partial charge in [0.2, 0.25) is 5.95 Å². The van der Waals surface area contributed by atoms with E-state index in [1.807, 2.05) is 37.3 Å². The number of phenols is 1. The summed E-state index contributed by atoms with van der Waals surface area (Å²) in [5.74, 6) is 1.56. The lowest BCUT2D eigenvalue weighted by Gasteiger charge is -2.13. The van der Waals surface area contributed by atoms with Gasteiger partial charge >= 0.3 is 0 Å². The van der Waals surface area contributed by atoms with Crippen molar-refractivity contribution in [3.05, 3.63) is 59.8 Å². The van der Waals surface area contributed by atoms with Gasteiger partial charge in [0.25, 0.3) is 0 Å². The molecule has 0 saturated carbocycles. The number of aromatic hydroxyl groups is 1. The third-order valence-corrected chi connectivity index (χ3v) is 3.84. The van der Waals surface area contributed by atoms with Gasteiger partial charge in [-0.1, -0.05) is 24.3 Å². The molecule has 3 rings (SSSR count). The largest absolute Gasteiger partial charge is 0.508 e. The molecule has 0 atom stereocenters. The third kappa shape index (κ3) is 3.80. The summed E-state index contributed by atoms with van der Waals surface area (Å²) in [6.45, 7) is 2.50. The highest BCUT2D eigenvalue weighted by Crippen LogP contribution is 2.33. The molecular formula is C19H20N4O2. The lowest BCUT2D eigenvalue weighted by molar-refractivity contribution is 0.341. The number of hydrogen-bond acceptors (Lipinski definition) is 6. The maximum absolute atomic E-state index is 9.47. The second-order valence-electron chi connectivity index (χ2n) is 5.63. The Kier molecular flexibility index (Phi) is 4.70. The van der Waals surface area contributed by atoms with Crippen LogP contribution in [0.25, 0.3) is 11.1 Å². The maximum Gasteiger partial charge on any atom is 0.221 e. The molecule has 0 aliphatic heterocycles. The molecule has 0 fully saturated rings. The van der Waals surface area contributed by atoms with Crippen molar-refractivity contribution in [2.24, 2.45) is 0 Å². The Morgan fingerprint density at radius 1 is 1.08 bits per heavy atom. The zero-order chi connectivity index (χ0) is 17.8. The number of ether oxygens (including phenoxy) is 1. The van der Waals surface area contributed by atoms with E-state index in [0.717, 1.165) is 28.0 Å². The Bertz CT molecular complexity index is 879. The summed E-state index contributed by atoms with van der Waals surface area (Å²) in [6.07, 6.45) is 2.23. The fourth-order valence-corrected chi connectivity index (χ4v) is 2.62. The lowest BCUT2D eigenvalue weighted by Crippen LogP contribution is -2.04. The van der Waals surface area contributed by atoms with Crippen LogP contribution in [0.3, 0.4) is 0 Å². The molecule has 0 bridgehead atoms. The highest BCUT2D eigenvalue weighted by molar-refractivity contribution is 5.71. The molecule has 0 aliphatic carbocycles. The van der Waals surface area contributed by atoms with E-state index in [2.05, 4.69) is 9.97 Å². The number of nitrogens with two attached hydrogens (primary N) is 2. The minimum atomic E-state index is 0.166. The van der Waals surface area contributed by atoms with Gasteiger partial charge in [0, 0.05) is 23.7 Å². The SMILES string of the molecule is CCOc1cc(Cc2cnc(N)nc2N)ccc1-c1ccc(O)cc1. The smallest absolute Gasteiger partial charge is 0.221 e. The molecule has 128 valence electrons. The number of hydrogen-bond donors (Lipinski definition) is 3. The van der Waals surface area contributed by atoms with E-state index in [4.69, 9.17) is 16.2 Å². The normalized spacial score (nSPS) is 10.6. The van der Waals surface area contributed by atoms with Crippen molar-refractivity contribution in [1.82, 2.24) is 9.97 Å². The summed E-state index contributed by atoms with van der Waals surface area (Å²) in [4.78, 5) is 7.99. The molecule has 1 heterocycles. The van der Waals surface area contributed by atoms with E-state index >= 15 is 0 Å². The van der Waals surface area contributed by atoms with Crippen molar-refractivity contribution >= 4 is 11.8 Å². The summed E-state index contributed by atoms with van der Waals surface area (Å²) in [5, 5.41) is 9.47. The number of nitrogen functional groups attached to an aromatic ring is 2. The number of rotatable bonds is 5. The molecule has 6 heteroatoms. The van der Waals surface area contributed by atoms with Gasteiger partial charge in [-0.05, 0) is 36.2 Å². The number of nitrogens with zero attached hydrogens (tertiary/aromatic N) is 2. The van der Waals surface area contributed by atoms with Gasteiger partial charge in [0.1, 0.15) is 17.3 Å². The Morgan fingerprint density at radius 2 is 1.84 bits per heavy atom. The fraction of sp³-hybridized carbons (Fsp3) is 0.158. The standard InChI is InChI=1S/C19H20N4O2/c1-2-25-17-10-12(9-14-11-22-19(21)23-18(14)20)3-8-16(17)13-4-6-15(24)7-5-13/h3-8,10-11,24H,2,9H2,1H3,(H4,20,21,22,23). The first kappa shape index (κ1) is 16.6. The second kappa shape index (κ2) is 7.09. The molecular weight excluding hydrogens is 316 g/mol. The highest BCUT2D eigenvalue weighted by atomic mass is 16.5. The number of anilines is 2. The van der Waals surface area contributed by atoms with Crippen molar-refractivity contribution in [3.63, 3.8) is 0 Å². The van der Waals surface area contributed by atoms with E-state index in [1.165, 1.54) is 0 Å². The summed E-state index contributed by atoms with van der Waals surface area (Å²) < 4.78 is 5.80. The molecule has 0 amide bonds. The van der Waals surface area contributed by atoms with Gasteiger partial charge in [0.05, 0.1) is 6.61 Å². The summed E-state index contributed by atoms with van der Waals surface area (Å²) in [6, 6.07) is 13.0. The maximum atomic E-state index is 9.47. The van der Waals surface area contributed by atoms with E-state index in [-0.39, 0.29) is 11.7 Å². The second-order valence-corrected chi connectivity index (χ2v) is 5.63. The fourth-order valence-electron chi connectivity index (χ4n) is 2.62. The Balaban J connectivity index is 1.94. The van der Waals surface area contributed by atoms with Gasteiger partial charge in [-0.2, -0.15) is 4.98 Å². The Morgan fingerprint density at radius 3 is 2.52 bits per heavy atom. The minimum Gasteiger partial charge on any atom is -0.508 e. The van der Waals surface area contributed by atoms with Gasteiger partial charge in [0.15, 0.2) is 0 Å². The average Bonchev–Trinajstić information content (AvgIpc) is 2.59. The first-order valence-electron chi connectivity index (χ1n) is 7.99. The van der Waals surface area contributed by atoms with Crippen molar-refractivity contribution < 1.29 is 9.84 Å². The average molecular weight is 336 g/mol. The van der Waals surface area contributed by atoms with E-state index in [1.54, 1.807) is 18.3 Å². The van der Waals surface area contributed by atoms with Crippen LogP contribution >= 0.6 is 0 Å². The number of phenolic OH excluding ortho intramolecular Hbond substituents is 1. The van der Waals surface area contributed by atoms with E-state index in [9.17, 15) is 5.11 Å². The lowest BCUT2D eigenvalue weighted by atomic mass is 9.99. The number of benzene rings is 2. The predicted octanol–water partition coefficient (Wildman–Crippen LogP) is 3.00. The Hall–Kier alpha value is -3.28. The van der Waals surface area contributed by atoms with Crippen molar-refractivity contribution in [2.45, 2.75) is 13.3 Å². The summed E-state index contributed by atoms with van der Waals surface area (Å²) in [5.41, 5.74) is 15.2. The predicted molar refractivity (Wildman–Crippen MR) is 98.4 cm³/mol. The quantitative estimate of drug-likeness (QED) is 0.661. The van der Waals surface area contributed by atoms with Crippen LogP contribution < -0.4 is 16.2 Å². The molecule has 0 radical (unpaired) electrons. The molecule has 0 unspecified atom stereocenters. The van der Waals surface area contributed by atoms with Crippen molar-refractivity contribution in [3.8, 4) is 22.6 Å². The third-order valence-electron chi connectivity index (χ3n) is 3.84. The van der Waals surface area contributed by atoms with Crippen LogP contribution in [-0.4, -0.2) is 21.7 Å². The van der Waals surface area contributed by atoms with Crippen molar-refractivity contribution in [1.29, 1.82) is 0 Å². The molecule has 0 aliphatic rings. The molecule has 25 heavy (non-hydrogen) atoms. The molecule has 3 aromatic rings. The van der Waals surface area contributed by atoms with Crippen LogP contribution in [0.2, 0.25) is 0 Å². The van der Waals surface area contributed by atoms with Gasteiger partial charge in [-0.3, -0.25) is 0 Å². The van der Waals surface area contributed by atoms with Crippen LogP contribution in [0.5, 0.6) is 11.5 Å². The zero-order valence-electron chi connectivity index (χ0n) is 13.9. The zero-order valence-corrected chi connectivity index (χ0v) is 13.9. The molecule has 2 aromatic carbocycles. The first-order valence-corrected chi connectivity index (χ1v) is 7.99. The first-order chi connectivity index (χ1) is 12.1. The van der Waals surface area contributed by atoms with Crippen LogP contribution in [0.15, 0.2) is 48.7 Å². The van der Waals surface area contributed by atoms with E-state index < -0.39 is 0 Å². The van der Waals surface area contributed by atoms with Crippen LogP contribution in [0.1, 0.15) is 18.1 Å². The van der Waals surface area contributed by atoms with E-state index in [0.29, 0.717) is 18.8 Å². The topological polar surface area (TPSA) is 107 Å². The van der Waals surface area contributed by atoms with Gasteiger partial charge in [-0.15, -0.1) is 0 Å². The van der Waals surface area contributed by atoms with Crippen LogP contribution in [0.4, 0.5) is 11.8 Å². The summed E-state index contributed by atoms with van der Waals surface area (Å²) >= 11 is 0. The minimum absolute atomic E-state index is 0.166. The highest BCUT2D eigenvalue weighted by Gasteiger charge is 2.10. The summed E-state index contributed by atoms with van der Waals surface area (Å²) in [7, 11) is 0. The van der Waals surface area contributed by atoms with Crippen molar-refractivity contribution in [2.75, 3.05) is 18.1 Å². The van der Waals surface area contributed by atoms with Gasteiger partial charge in [-0.25, -0.2) is 4.98 Å². The van der Waals surface area contributed by atoms with Crippen LogP contribution in [0, 0.1) is 0 Å². The van der Waals surface area contributed by atoms with Gasteiger partial charge < -0.3 is 21.3 Å². The molecule has 5 N–H and O–H groups in total.